The smallest absolute Gasteiger partial charge is 0.168 e. The fourth-order valence-corrected chi connectivity index (χ4v) is 5.17. The van der Waals surface area contributed by atoms with Crippen molar-refractivity contribution in [3.8, 4) is 0 Å². The summed E-state index contributed by atoms with van der Waals surface area (Å²) in [5.74, 6) is 1.36. The Bertz CT molecular complexity index is 844. The lowest BCUT2D eigenvalue weighted by molar-refractivity contribution is -0.178. The molecule has 2 aliphatic carbocycles. The second-order valence-corrected chi connectivity index (χ2v) is 9.67. The summed E-state index contributed by atoms with van der Waals surface area (Å²) in [5, 5.41) is 1.59. The van der Waals surface area contributed by atoms with Gasteiger partial charge in [0.1, 0.15) is 5.78 Å². The number of ether oxygens (including phenoxy) is 2. The fourth-order valence-electron chi connectivity index (χ4n) is 4.92. The van der Waals surface area contributed by atoms with Crippen molar-refractivity contribution in [2.24, 2.45) is 0 Å². The van der Waals surface area contributed by atoms with Gasteiger partial charge < -0.3 is 9.47 Å². The quantitative estimate of drug-likeness (QED) is 0.408. The molecule has 5 rings (SSSR count). The Labute approximate surface area is 204 Å². The highest BCUT2D eigenvalue weighted by atomic mass is 35.5. The lowest BCUT2D eigenvalue weighted by Crippen LogP contribution is -2.34. The summed E-state index contributed by atoms with van der Waals surface area (Å²) in [6.07, 6.45) is 7.80. The molecule has 174 valence electrons. The molecule has 0 amide bonds. The van der Waals surface area contributed by atoms with Gasteiger partial charge in [0.15, 0.2) is 5.79 Å². The van der Waals surface area contributed by atoms with Crippen LogP contribution in [-0.4, -0.2) is 24.8 Å². The van der Waals surface area contributed by atoms with E-state index < -0.39 is 0 Å². The molecule has 0 bridgehead atoms. The molecule has 0 N–H and O–H groups in total. The summed E-state index contributed by atoms with van der Waals surface area (Å²) in [6.45, 7) is 1.51. The number of hydrogen-bond acceptors (Lipinski definition) is 3. The zero-order chi connectivity index (χ0) is 21.7. The van der Waals surface area contributed by atoms with Crippen LogP contribution in [-0.2, 0) is 14.3 Å². The van der Waals surface area contributed by atoms with E-state index in [9.17, 15) is 4.79 Å². The Morgan fingerprint density at radius 1 is 0.688 bits per heavy atom. The van der Waals surface area contributed by atoms with Gasteiger partial charge in [-0.25, -0.2) is 0 Å². The van der Waals surface area contributed by atoms with Gasteiger partial charge in [-0.2, -0.15) is 9.90 Å². The maximum absolute atomic E-state index is 11.1. The van der Waals surface area contributed by atoms with Gasteiger partial charge in [-0.3, -0.25) is 4.79 Å². The molecule has 3 aliphatic rings. The third kappa shape index (κ3) is 6.78. The highest BCUT2D eigenvalue weighted by molar-refractivity contribution is 6.92. The monoisotopic (exact) mass is 494 g/mol. The molecule has 1 heterocycles. The molecule has 32 heavy (non-hydrogen) atoms. The first-order valence-electron chi connectivity index (χ1n) is 11.3. The molecular formula is C26H33Cl2O3P. The molecule has 0 radical (unpaired) electrons. The summed E-state index contributed by atoms with van der Waals surface area (Å²) >= 11 is 11.7. The van der Waals surface area contributed by atoms with Gasteiger partial charge in [0, 0.05) is 35.7 Å². The molecule has 2 saturated carbocycles. The highest BCUT2D eigenvalue weighted by Gasteiger charge is 2.40. The molecule has 1 saturated heterocycles. The van der Waals surface area contributed by atoms with Crippen LogP contribution in [0, 0.1) is 0 Å². The van der Waals surface area contributed by atoms with E-state index >= 15 is 0 Å². The molecule has 0 aromatic heterocycles. The number of carbonyl (C=O) groups excluding carboxylic acids is 1. The Hall–Kier alpha value is -0.960. The molecule has 2 aromatic carbocycles. The number of carbonyl (C=O) groups is 1. The first-order valence-corrected chi connectivity index (χ1v) is 12.1. The van der Waals surface area contributed by atoms with E-state index in [2.05, 4.69) is 24.3 Å². The second kappa shape index (κ2) is 12.0. The minimum absolute atomic E-state index is 0. The van der Waals surface area contributed by atoms with Crippen molar-refractivity contribution < 1.29 is 14.3 Å². The van der Waals surface area contributed by atoms with Gasteiger partial charge in [-0.05, 0) is 72.9 Å². The van der Waals surface area contributed by atoms with Gasteiger partial charge in [-0.1, -0.05) is 47.5 Å². The molecule has 3 nitrogen and oxygen atoms in total. The minimum atomic E-state index is -0.247. The molecule has 1 unspecified atom stereocenters. The van der Waals surface area contributed by atoms with Crippen molar-refractivity contribution in [2.75, 3.05) is 13.2 Å². The lowest BCUT2D eigenvalue weighted by atomic mass is 9.81. The van der Waals surface area contributed by atoms with Crippen LogP contribution in [0.2, 0.25) is 10.0 Å². The van der Waals surface area contributed by atoms with Gasteiger partial charge in [-0.15, -0.1) is 0 Å². The van der Waals surface area contributed by atoms with Crippen LogP contribution in [0.5, 0.6) is 0 Å². The van der Waals surface area contributed by atoms with Crippen LogP contribution in [0.4, 0.5) is 0 Å². The Morgan fingerprint density at radius 3 is 1.53 bits per heavy atom. The molecule has 3 fully saturated rings. The van der Waals surface area contributed by atoms with E-state index in [0.29, 0.717) is 17.6 Å². The number of Topliss-reactive ketones (excluding diaryl/α,β-unsaturated/α-hetero) is 1. The molecule has 1 atom stereocenters. The predicted molar refractivity (Wildman–Crippen MR) is 136 cm³/mol. The summed E-state index contributed by atoms with van der Waals surface area (Å²) in [7, 11) is 0. The summed E-state index contributed by atoms with van der Waals surface area (Å²) < 4.78 is 11.5. The average molecular weight is 495 g/mol. The standard InChI is InChI=1S/C14H17ClO2.C12H13ClO.H3P/c15-13-3-1-11(2-4-13)12-5-7-14(8-6-12)16-9-10-17-14;13-11-5-1-9(2-6-11)10-3-7-12(14)8-4-10;/h1-4,12H,5-10H2;1-2,5-6,10H,3-4,7-8H2;1H3. The van der Waals surface area contributed by atoms with Crippen LogP contribution < -0.4 is 0 Å². The van der Waals surface area contributed by atoms with E-state index in [1.807, 2.05) is 24.3 Å². The highest BCUT2D eigenvalue weighted by Crippen LogP contribution is 2.42. The SMILES string of the molecule is Clc1ccc(C2CCC3(CC2)OCCO3)cc1.O=C1CCC(c2ccc(Cl)cc2)CC1.P. The Balaban J connectivity index is 0.000000178. The zero-order valence-electron chi connectivity index (χ0n) is 18.5. The van der Waals surface area contributed by atoms with Gasteiger partial charge in [0.2, 0.25) is 0 Å². The van der Waals surface area contributed by atoms with Crippen LogP contribution >= 0.6 is 33.1 Å². The van der Waals surface area contributed by atoms with Crippen molar-refractivity contribution in [3.63, 3.8) is 0 Å². The topological polar surface area (TPSA) is 35.5 Å². The average Bonchev–Trinajstić information content (AvgIpc) is 3.25. The van der Waals surface area contributed by atoms with Crippen molar-refractivity contribution in [1.29, 1.82) is 0 Å². The molecule has 2 aromatic rings. The number of hydrogen-bond donors (Lipinski definition) is 0. The molecular weight excluding hydrogens is 462 g/mol. The molecule has 6 heteroatoms. The number of benzene rings is 2. The third-order valence-electron chi connectivity index (χ3n) is 6.79. The third-order valence-corrected chi connectivity index (χ3v) is 7.29. The maximum Gasteiger partial charge on any atom is 0.168 e. The number of rotatable bonds is 2. The first kappa shape index (κ1) is 25.7. The van der Waals surface area contributed by atoms with Crippen molar-refractivity contribution in [3.05, 3.63) is 69.7 Å². The summed E-state index contributed by atoms with van der Waals surface area (Å²) in [6, 6.07) is 16.2. The van der Waals surface area contributed by atoms with E-state index in [4.69, 9.17) is 32.7 Å². The van der Waals surface area contributed by atoms with E-state index in [1.165, 1.54) is 11.1 Å². The van der Waals surface area contributed by atoms with E-state index in [1.54, 1.807) is 0 Å². The van der Waals surface area contributed by atoms with Gasteiger partial charge in [0.25, 0.3) is 0 Å². The predicted octanol–water partition coefficient (Wildman–Crippen LogP) is 7.37. The van der Waals surface area contributed by atoms with Crippen molar-refractivity contribution in [2.45, 2.75) is 69.0 Å². The Morgan fingerprint density at radius 2 is 1.09 bits per heavy atom. The number of halogens is 2. The van der Waals surface area contributed by atoms with E-state index in [-0.39, 0.29) is 15.7 Å². The molecule has 1 spiro atoms. The molecule has 1 aliphatic heterocycles. The minimum Gasteiger partial charge on any atom is -0.348 e. The van der Waals surface area contributed by atoms with Crippen LogP contribution in [0.1, 0.15) is 74.3 Å². The Kier molecular flexibility index (Phi) is 9.58. The van der Waals surface area contributed by atoms with Crippen LogP contribution in [0.3, 0.4) is 0 Å². The first-order chi connectivity index (χ1) is 15.0. The van der Waals surface area contributed by atoms with Crippen molar-refractivity contribution >= 4 is 38.9 Å². The zero-order valence-corrected chi connectivity index (χ0v) is 21.5. The maximum atomic E-state index is 11.1. The lowest BCUT2D eigenvalue weighted by Gasteiger charge is -2.35. The largest absolute Gasteiger partial charge is 0.348 e. The van der Waals surface area contributed by atoms with Gasteiger partial charge in [0.05, 0.1) is 13.2 Å². The summed E-state index contributed by atoms with van der Waals surface area (Å²) in [4.78, 5) is 11.1. The normalized spacial score (nSPS) is 21.0. The summed E-state index contributed by atoms with van der Waals surface area (Å²) in [5.41, 5.74) is 2.71. The van der Waals surface area contributed by atoms with Crippen LogP contribution in [0.25, 0.3) is 0 Å². The number of ketones is 1. The fraction of sp³-hybridized carbons (Fsp3) is 0.500. The van der Waals surface area contributed by atoms with Crippen molar-refractivity contribution in [1.82, 2.24) is 0 Å². The second-order valence-electron chi connectivity index (χ2n) is 8.80. The van der Waals surface area contributed by atoms with Crippen LogP contribution in [0.15, 0.2) is 48.5 Å². The van der Waals surface area contributed by atoms with Gasteiger partial charge >= 0.3 is 0 Å². The van der Waals surface area contributed by atoms with E-state index in [0.717, 1.165) is 74.6 Å².